The number of methoxy groups -OCH3 is 1. The van der Waals surface area contributed by atoms with Crippen LogP contribution >= 0.6 is 0 Å². The van der Waals surface area contributed by atoms with Crippen LogP contribution in [0.1, 0.15) is 12.5 Å². The van der Waals surface area contributed by atoms with Gasteiger partial charge in [0.1, 0.15) is 0 Å². The molecule has 0 aromatic heterocycles. The Labute approximate surface area is 100 Å². The Bertz CT molecular complexity index is 412. The maximum Gasteiger partial charge on any atom is 0.344 e. The highest BCUT2D eigenvalue weighted by Gasteiger charge is 2.17. The van der Waals surface area contributed by atoms with Gasteiger partial charge in [-0.05, 0) is 19.4 Å². The summed E-state index contributed by atoms with van der Waals surface area (Å²) < 4.78 is 10.6. The predicted molar refractivity (Wildman–Crippen MR) is 64.6 cm³/mol. The summed E-state index contributed by atoms with van der Waals surface area (Å²) in [7, 11) is 1.52. The third kappa shape index (κ3) is 3.24. The van der Waals surface area contributed by atoms with Gasteiger partial charge in [-0.2, -0.15) is 0 Å². The second-order valence-electron chi connectivity index (χ2n) is 3.54. The molecule has 0 spiro atoms. The first-order valence-corrected chi connectivity index (χ1v) is 5.26. The largest absolute Gasteiger partial charge is 0.493 e. The topological polar surface area (TPSA) is 55.8 Å². The van der Waals surface area contributed by atoms with E-state index in [1.54, 1.807) is 12.1 Å². The molecule has 1 rings (SSSR count). The number of rotatable bonds is 6. The van der Waals surface area contributed by atoms with Crippen molar-refractivity contribution in [1.82, 2.24) is 0 Å². The van der Waals surface area contributed by atoms with Crippen LogP contribution in [0, 0.1) is 0 Å². The van der Waals surface area contributed by atoms with Crippen molar-refractivity contribution < 1.29 is 19.4 Å². The summed E-state index contributed by atoms with van der Waals surface area (Å²) in [6.45, 7) is 5.13. The lowest BCUT2D eigenvalue weighted by molar-refractivity contribution is -0.144. The van der Waals surface area contributed by atoms with Crippen LogP contribution < -0.4 is 9.47 Å². The molecule has 0 amide bonds. The van der Waals surface area contributed by atoms with E-state index in [1.807, 2.05) is 12.1 Å². The molecule has 1 atom stereocenters. The zero-order valence-corrected chi connectivity index (χ0v) is 9.97. The van der Waals surface area contributed by atoms with Gasteiger partial charge in [-0.25, -0.2) is 4.79 Å². The number of hydrogen-bond acceptors (Lipinski definition) is 3. The van der Waals surface area contributed by atoms with Crippen LogP contribution in [0.25, 0.3) is 0 Å². The highest BCUT2D eigenvalue weighted by molar-refractivity contribution is 5.72. The summed E-state index contributed by atoms with van der Waals surface area (Å²) in [4.78, 5) is 10.8. The molecule has 1 unspecified atom stereocenters. The number of aliphatic carboxylic acids is 1. The lowest BCUT2D eigenvalue weighted by Crippen LogP contribution is -2.23. The van der Waals surface area contributed by atoms with Crippen molar-refractivity contribution in [2.45, 2.75) is 19.4 Å². The molecule has 17 heavy (non-hydrogen) atoms. The maximum absolute atomic E-state index is 10.8. The van der Waals surface area contributed by atoms with Gasteiger partial charge in [-0.1, -0.05) is 18.2 Å². The van der Waals surface area contributed by atoms with E-state index >= 15 is 0 Å². The molecule has 0 aliphatic carbocycles. The van der Waals surface area contributed by atoms with E-state index in [1.165, 1.54) is 14.0 Å². The van der Waals surface area contributed by atoms with Gasteiger partial charge in [0.2, 0.25) is 0 Å². The quantitative estimate of drug-likeness (QED) is 0.770. The number of ether oxygens (including phenoxy) is 2. The molecule has 1 aromatic rings. The van der Waals surface area contributed by atoms with Crippen LogP contribution in [0.2, 0.25) is 0 Å². The van der Waals surface area contributed by atoms with Crippen molar-refractivity contribution in [2.24, 2.45) is 0 Å². The molecule has 92 valence electrons. The fourth-order valence-electron chi connectivity index (χ4n) is 1.40. The van der Waals surface area contributed by atoms with Gasteiger partial charge in [0.15, 0.2) is 17.6 Å². The zero-order chi connectivity index (χ0) is 12.8. The van der Waals surface area contributed by atoms with Crippen LogP contribution in [-0.4, -0.2) is 24.3 Å². The lowest BCUT2D eigenvalue weighted by Gasteiger charge is -2.16. The Kier molecular flexibility index (Phi) is 4.57. The van der Waals surface area contributed by atoms with Gasteiger partial charge in [-0.15, -0.1) is 6.58 Å². The Morgan fingerprint density at radius 3 is 2.82 bits per heavy atom. The molecular formula is C13H16O4. The van der Waals surface area contributed by atoms with Gasteiger partial charge >= 0.3 is 5.97 Å². The second-order valence-corrected chi connectivity index (χ2v) is 3.54. The van der Waals surface area contributed by atoms with E-state index in [-0.39, 0.29) is 0 Å². The molecule has 1 N–H and O–H groups in total. The number of carboxylic acid groups (broad SMARTS) is 1. The maximum atomic E-state index is 10.8. The third-order valence-corrected chi connectivity index (χ3v) is 2.29. The van der Waals surface area contributed by atoms with Gasteiger partial charge in [0.25, 0.3) is 0 Å². The summed E-state index contributed by atoms with van der Waals surface area (Å²) in [5.41, 5.74) is 0.854. The SMILES string of the molecule is C=CCc1cccc(OC)c1OC(C)C(=O)O. The molecular weight excluding hydrogens is 220 g/mol. The number of carbonyl (C=O) groups is 1. The average molecular weight is 236 g/mol. The summed E-state index contributed by atoms with van der Waals surface area (Å²) in [6, 6.07) is 5.42. The van der Waals surface area contributed by atoms with Crippen molar-refractivity contribution in [3.63, 3.8) is 0 Å². The fourth-order valence-corrected chi connectivity index (χ4v) is 1.40. The molecule has 4 heteroatoms. The molecule has 0 saturated heterocycles. The molecule has 0 aliphatic rings. The Morgan fingerprint density at radius 1 is 1.59 bits per heavy atom. The number of allylic oxidation sites excluding steroid dienone is 1. The Morgan fingerprint density at radius 2 is 2.29 bits per heavy atom. The van der Waals surface area contributed by atoms with E-state index in [0.717, 1.165) is 5.56 Å². The van der Waals surface area contributed by atoms with E-state index in [2.05, 4.69) is 6.58 Å². The molecule has 4 nitrogen and oxygen atoms in total. The number of carboxylic acids is 1. The van der Waals surface area contributed by atoms with Crippen LogP contribution in [0.4, 0.5) is 0 Å². The molecule has 0 bridgehead atoms. The van der Waals surface area contributed by atoms with E-state index in [4.69, 9.17) is 14.6 Å². The first-order chi connectivity index (χ1) is 8.10. The zero-order valence-electron chi connectivity index (χ0n) is 9.97. The van der Waals surface area contributed by atoms with E-state index in [0.29, 0.717) is 17.9 Å². The number of para-hydroxylation sites is 1. The summed E-state index contributed by atoms with van der Waals surface area (Å²) >= 11 is 0. The minimum absolute atomic E-state index is 0.463. The van der Waals surface area contributed by atoms with Crippen molar-refractivity contribution >= 4 is 5.97 Å². The molecule has 0 fully saturated rings. The highest BCUT2D eigenvalue weighted by atomic mass is 16.5. The smallest absolute Gasteiger partial charge is 0.344 e. The molecule has 0 aliphatic heterocycles. The van der Waals surface area contributed by atoms with Crippen molar-refractivity contribution in [3.8, 4) is 11.5 Å². The first-order valence-electron chi connectivity index (χ1n) is 5.26. The standard InChI is InChI=1S/C13H16O4/c1-4-6-10-7-5-8-11(16-3)12(10)17-9(2)13(14)15/h4-5,7-9H,1,6H2,2-3H3,(H,14,15). The normalized spacial score (nSPS) is 11.6. The molecule has 0 radical (unpaired) electrons. The summed E-state index contributed by atoms with van der Waals surface area (Å²) in [5.74, 6) is -0.0253. The monoisotopic (exact) mass is 236 g/mol. The van der Waals surface area contributed by atoms with Crippen LogP contribution in [0.15, 0.2) is 30.9 Å². The summed E-state index contributed by atoms with van der Waals surface area (Å²) in [6.07, 6.45) is 1.40. The first kappa shape index (κ1) is 13.1. The van der Waals surface area contributed by atoms with E-state index < -0.39 is 12.1 Å². The van der Waals surface area contributed by atoms with Gasteiger partial charge < -0.3 is 14.6 Å². The van der Waals surface area contributed by atoms with Crippen molar-refractivity contribution in [3.05, 3.63) is 36.4 Å². The molecule has 1 aromatic carbocycles. The van der Waals surface area contributed by atoms with E-state index in [9.17, 15) is 4.79 Å². The lowest BCUT2D eigenvalue weighted by atomic mass is 10.1. The third-order valence-electron chi connectivity index (χ3n) is 2.29. The van der Waals surface area contributed by atoms with Crippen molar-refractivity contribution in [1.29, 1.82) is 0 Å². The fraction of sp³-hybridized carbons (Fsp3) is 0.308. The number of hydrogen-bond donors (Lipinski definition) is 1. The summed E-state index contributed by atoms with van der Waals surface area (Å²) in [5, 5.41) is 8.84. The average Bonchev–Trinajstić information content (AvgIpc) is 2.31. The van der Waals surface area contributed by atoms with Gasteiger partial charge in [0.05, 0.1) is 7.11 Å². The van der Waals surface area contributed by atoms with Crippen LogP contribution in [0.3, 0.4) is 0 Å². The minimum Gasteiger partial charge on any atom is -0.493 e. The molecule has 0 heterocycles. The Balaban J connectivity index is 3.07. The highest BCUT2D eigenvalue weighted by Crippen LogP contribution is 2.32. The second kappa shape index (κ2) is 5.94. The molecule has 0 saturated carbocycles. The number of benzene rings is 1. The van der Waals surface area contributed by atoms with Gasteiger partial charge in [-0.3, -0.25) is 0 Å². The van der Waals surface area contributed by atoms with Crippen LogP contribution in [-0.2, 0) is 11.2 Å². The minimum atomic E-state index is -1.01. The van der Waals surface area contributed by atoms with Crippen LogP contribution in [0.5, 0.6) is 11.5 Å². The van der Waals surface area contributed by atoms with Gasteiger partial charge in [0, 0.05) is 5.56 Å². The predicted octanol–water partition coefficient (Wildman–Crippen LogP) is 2.28. The van der Waals surface area contributed by atoms with Crippen molar-refractivity contribution in [2.75, 3.05) is 7.11 Å². The Hall–Kier alpha value is -1.97.